The van der Waals surface area contributed by atoms with Crippen LogP contribution >= 0.6 is 0 Å². The molecule has 202 valence electrons. The molecule has 8 heteroatoms. The van der Waals surface area contributed by atoms with E-state index in [1.807, 2.05) is 12.2 Å². The van der Waals surface area contributed by atoms with Crippen molar-refractivity contribution in [1.82, 2.24) is 10.6 Å². The van der Waals surface area contributed by atoms with Crippen LogP contribution in [0.4, 0.5) is 0 Å². The van der Waals surface area contributed by atoms with E-state index in [9.17, 15) is 29.7 Å². The molecule has 5 N–H and O–H groups in total. The lowest BCUT2D eigenvalue weighted by Crippen LogP contribution is -2.43. The summed E-state index contributed by atoms with van der Waals surface area (Å²) in [5.74, 6) is 1.03. The fourth-order valence-corrected chi connectivity index (χ4v) is 8.51. The van der Waals surface area contributed by atoms with Gasteiger partial charge in [-0.05, 0) is 91.6 Å². The highest BCUT2D eigenvalue weighted by atomic mass is 16.3. The van der Waals surface area contributed by atoms with E-state index in [1.54, 1.807) is 0 Å². The van der Waals surface area contributed by atoms with Gasteiger partial charge in [-0.25, -0.2) is 0 Å². The molecule has 1 unspecified atom stereocenters. The standard InChI is InChI=1S/C29H40N2O6/c1-3-15-11-17-12-19-18-5-4-6-23(35)30-10-9-21(33)27-28(36)26(29(37)31-27)20(32)8-7-16(18)13-22(34)25(19)24(17)14(15)2/h4,6-8,14-19,21-22,24-25,27,32-34H,3,5,9-13H2,1-2H3,(H,30,35)(H,31,37)/b6-4-,8-7+,26-20?/t14-,15-,16+,17-,18-,19+,21+,22?,24+,25-,27-/m0/s1. The fourth-order valence-electron chi connectivity index (χ4n) is 8.51. The number of aliphatic hydroxyl groups excluding tert-OH is 3. The monoisotopic (exact) mass is 512 g/mol. The SMILES string of the molecule is CC[C@H]1C[C@H]2C[C@@H]3[C@H]4C/C=C\C(=O)NCC[C@@H](O)[C@@H]5NC(=O)C(=C(O)/C=C/[C@@H]4CC(O)[C@H]3[C@@H]2[C@H]1C)C5=O. The number of carbonyl (C=O) groups is 3. The molecule has 4 fully saturated rings. The summed E-state index contributed by atoms with van der Waals surface area (Å²) in [6.45, 7) is 4.76. The fraction of sp³-hybridized carbons (Fsp3) is 0.690. The Bertz CT molecular complexity index is 1030. The lowest BCUT2D eigenvalue weighted by atomic mass is 9.62. The molecule has 5 rings (SSSR count). The van der Waals surface area contributed by atoms with Crippen molar-refractivity contribution < 1.29 is 29.7 Å². The molecule has 37 heavy (non-hydrogen) atoms. The average molecular weight is 513 g/mol. The van der Waals surface area contributed by atoms with Crippen LogP contribution in [0.15, 0.2) is 35.6 Å². The lowest BCUT2D eigenvalue weighted by molar-refractivity contribution is -0.118. The summed E-state index contributed by atoms with van der Waals surface area (Å²) < 4.78 is 0. The minimum atomic E-state index is -1.19. The van der Waals surface area contributed by atoms with Crippen LogP contribution in [-0.4, -0.2) is 57.7 Å². The molecule has 0 radical (unpaired) electrons. The zero-order valence-electron chi connectivity index (χ0n) is 21.7. The van der Waals surface area contributed by atoms with Crippen molar-refractivity contribution >= 4 is 17.6 Å². The summed E-state index contributed by atoms with van der Waals surface area (Å²) in [5.41, 5.74) is -0.350. The van der Waals surface area contributed by atoms with Crippen molar-refractivity contribution in [1.29, 1.82) is 0 Å². The first-order valence-corrected chi connectivity index (χ1v) is 14.0. The largest absolute Gasteiger partial charge is 0.507 e. The predicted molar refractivity (Wildman–Crippen MR) is 137 cm³/mol. The molecule has 0 spiro atoms. The Morgan fingerprint density at radius 3 is 2.54 bits per heavy atom. The quantitative estimate of drug-likeness (QED) is 0.342. The van der Waals surface area contributed by atoms with Gasteiger partial charge in [-0.2, -0.15) is 0 Å². The molecule has 2 bridgehead atoms. The summed E-state index contributed by atoms with van der Waals surface area (Å²) >= 11 is 0. The number of fused-ring (bicyclic) bond motifs is 7. The third-order valence-corrected chi connectivity index (χ3v) is 10.2. The highest BCUT2D eigenvalue weighted by molar-refractivity contribution is 6.27. The van der Waals surface area contributed by atoms with Crippen molar-refractivity contribution in [2.24, 2.45) is 47.3 Å². The van der Waals surface area contributed by atoms with Crippen LogP contribution in [0.1, 0.15) is 52.4 Å². The third kappa shape index (κ3) is 4.67. The predicted octanol–water partition coefficient (Wildman–Crippen LogP) is 2.18. The Morgan fingerprint density at radius 1 is 1.00 bits per heavy atom. The molecule has 1 saturated heterocycles. The second-order valence-corrected chi connectivity index (χ2v) is 11.9. The van der Waals surface area contributed by atoms with Crippen LogP contribution in [-0.2, 0) is 14.4 Å². The third-order valence-electron chi connectivity index (χ3n) is 10.2. The molecule has 0 aromatic carbocycles. The minimum Gasteiger partial charge on any atom is -0.507 e. The average Bonchev–Trinajstić information content (AvgIpc) is 3.48. The first-order chi connectivity index (χ1) is 17.7. The van der Waals surface area contributed by atoms with E-state index in [0.29, 0.717) is 42.4 Å². The van der Waals surface area contributed by atoms with Gasteiger partial charge in [0.15, 0.2) is 5.78 Å². The summed E-state index contributed by atoms with van der Waals surface area (Å²) in [6, 6.07) is -1.16. The van der Waals surface area contributed by atoms with Crippen molar-refractivity contribution in [3.8, 4) is 0 Å². The van der Waals surface area contributed by atoms with Gasteiger partial charge < -0.3 is 26.0 Å². The molecule has 0 aromatic rings. The van der Waals surface area contributed by atoms with Crippen LogP contribution in [0.3, 0.4) is 0 Å². The summed E-state index contributed by atoms with van der Waals surface area (Å²) in [5, 5.41) is 37.7. The zero-order valence-corrected chi connectivity index (χ0v) is 21.7. The topological polar surface area (TPSA) is 136 Å². The molecule has 3 aliphatic carbocycles. The van der Waals surface area contributed by atoms with Gasteiger partial charge in [-0.1, -0.05) is 32.4 Å². The second kappa shape index (κ2) is 10.4. The molecule has 11 atom stereocenters. The number of Topliss-reactive ketones (excluding diaryl/α,β-unsaturated/α-hetero) is 1. The van der Waals surface area contributed by atoms with Gasteiger partial charge in [-0.15, -0.1) is 0 Å². The summed E-state index contributed by atoms with van der Waals surface area (Å²) in [6.07, 6.45) is 9.79. The number of nitrogens with one attached hydrogen (secondary N) is 2. The number of carbonyl (C=O) groups excluding carboxylic acids is 3. The molecule has 3 saturated carbocycles. The van der Waals surface area contributed by atoms with Gasteiger partial charge >= 0.3 is 0 Å². The number of hydrogen-bond acceptors (Lipinski definition) is 6. The van der Waals surface area contributed by atoms with Gasteiger partial charge in [0.05, 0.1) is 12.2 Å². The summed E-state index contributed by atoms with van der Waals surface area (Å²) in [7, 11) is 0. The second-order valence-electron chi connectivity index (χ2n) is 11.9. The number of rotatable bonds is 1. The number of allylic oxidation sites excluding steroid dienone is 3. The smallest absolute Gasteiger partial charge is 0.259 e. The molecule has 2 amide bonds. The van der Waals surface area contributed by atoms with E-state index >= 15 is 0 Å². The number of ketones is 1. The maximum atomic E-state index is 12.8. The first-order valence-electron chi connectivity index (χ1n) is 14.0. The van der Waals surface area contributed by atoms with Gasteiger partial charge in [0.25, 0.3) is 5.91 Å². The molecule has 2 heterocycles. The number of amides is 2. The van der Waals surface area contributed by atoms with Crippen molar-refractivity contribution in [3.05, 3.63) is 35.6 Å². The van der Waals surface area contributed by atoms with Crippen molar-refractivity contribution in [3.63, 3.8) is 0 Å². The molecule has 2 aliphatic heterocycles. The Hall–Kier alpha value is -2.45. The van der Waals surface area contributed by atoms with Crippen LogP contribution in [0, 0.1) is 47.3 Å². The Labute approximate surface area is 218 Å². The normalized spacial score (nSPS) is 46.1. The van der Waals surface area contributed by atoms with Gasteiger partial charge in [0.1, 0.15) is 17.4 Å². The van der Waals surface area contributed by atoms with Crippen LogP contribution < -0.4 is 10.6 Å². The van der Waals surface area contributed by atoms with Crippen molar-refractivity contribution in [2.45, 2.75) is 70.6 Å². The van der Waals surface area contributed by atoms with Gasteiger partial charge in [0.2, 0.25) is 5.91 Å². The first kappa shape index (κ1) is 26.2. The van der Waals surface area contributed by atoms with Crippen LogP contribution in [0.5, 0.6) is 0 Å². The van der Waals surface area contributed by atoms with Crippen LogP contribution in [0.2, 0.25) is 0 Å². The molecule has 0 aromatic heterocycles. The molecular weight excluding hydrogens is 472 g/mol. The zero-order chi connectivity index (χ0) is 26.4. The maximum Gasteiger partial charge on any atom is 0.259 e. The molecule has 8 nitrogen and oxygen atoms in total. The minimum absolute atomic E-state index is 0.0725. The Balaban J connectivity index is 1.47. The highest BCUT2D eigenvalue weighted by Crippen LogP contribution is 2.62. The lowest BCUT2D eigenvalue weighted by Gasteiger charge is -2.44. The number of aliphatic hydroxyl groups is 3. The van der Waals surface area contributed by atoms with E-state index in [4.69, 9.17) is 0 Å². The van der Waals surface area contributed by atoms with E-state index in [0.717, 1.165) is 6.42 Å². The number of hydrogen-bond donors (Lipinski definition) is 5. The molecular formula is C29H40N2O6. The summed E-state index contributed by atoms with van der Waals surface area (Å²) in [4.78, 5) is 37.7. The highest BCUT2D eigenvalue weighted by Gasteiger charge is 2.58. The van der Waals surface area contributed by atoms with Crippen molar-refractivity contribution in [2.75, 3.05) is 6.54 Å². The van der Waals surface area contributed by atoms with E-state index in [1.165, 1.54) is 25.0 Å². The van der Waals surface area contributed by atoms with Gasteiger partial charge in [0, 0.05) is 6.54 Å². The Kier molecular flexibility index (Phi) is 7.33. The van der Waals surface area contributed by atoms with E-state index < -0.39 is 35.7 Å². The van der Waals surface area contributed by atoms with Gasteiger partial charge in [-0.3, -0.25) is 14.4 Å². The molecule has 5 aliphatic rings. The Morgan fingerprint density at radius 2 is 1.78 bits per heavy atom. The van der Waals surface area contributed by atoms with E-state index in [2.05, 4.69) is 24.5 Å². The van der Waals surface area contributed by atoms with Crippen LogP contribution in [0.25, 0.3) is 0 Å². The van der Waals surface area contributed by atoms with E-state index in [-0.39, 0.29) is 42.2 Å². The maximum absolute atomic E-state index is 12.8.